The molecule has 1 radical (unpaired) electrons. The number of sulfonamides is 1. The Morgan fingerprint density at radius 2 is 2.21 bits per heavy atom. The summed E-state index contributed by atoms with van der Waals surface area (Å²) < 4.78 is 25.6. The fraction of sp³-hybridized carbons (Fsp3) is 0.400. The third kappa shape index (κ3) is 3.12. The topological polar surface area (TPSA) is 46.2 Å². The van der Waals surface area contributed by atoms with Crippen molar-refractivity contribution in [3.05, 3.63) is 30.3 Å². The number of nitrogens with one attached hydrogen (secondary N) is 1. The zero-order valence-electron chi connectivity index (χ0n) is 8.16. The lowest BCUT2D eigenvalue weighted by Crippen LogP contribution is -2.24. The van der Waals surface area contributed by atoms with Crippen LogP contribution >= 0.6 is 0 Å². The zero-order chi connectivity index (χ0) is 10.4. The van der Waals surface area contributed by atoms with E-state index in [1.807, 2.05) is 6.92 Å². The Morgan fingerprint density at radius 3 is 2.79 bits per heavy atom. The van der Waals surface area contributed by atoms with Gasteiger partial charge in [-0.3, -0.25) is 0 Å². The van der Waals surface area contributed by atoms with Gasteiger partial charge in [0.15, 0.2) is 0 Å². The molecular formula is C10H14NO2S. The minimum absolute atomic E-state index is 0.205. The van der Waals surface area contributed by atoms with Crippen molar-refractivity contribution in [1.29, 1.82) is 0 Å². The smallest absolute Gasteiger partial charge is 0.211 e. The molecule has 0 aromatic heterocycles. The van der Waals surface area contributed by atoms with Crippen molar-refractivity contribution in [3.8, 4) is 0 Å². The van der Waals surface area contributed by atoms with Crippen molar-refractivity contribution >= 4 is 10.0 Å². The van der Waals surface area contributed by atoms with Crippen LogP contribution < -0.4 is 4.72 Å². The summed E-state index contributed by atoms with van der Waals surface area (Å²) in [6, 6.07) is 9.24. The van der Waals surface area contributed by atoms with Crippen LogP contribution in [0.1, 0.15) is 19.8 Å². The molecule has 0 bridgehead atoms. The first-order valence-corrected chi connectivity index (χ1v) is 6.11. The molecule has 1 N–H and O–H groups in total. The summed E-state index contributed by atoms with van der Waals surface area (Å²) in [5.41, 5.74) is 0. The minimum Gasteiger partial charge on any atom is -0.211 e. The first-order chi connectivity index (χ1) is 6.67. The van der Waals surface area contributed by atoms with Gasteiger partial charge in [-0.05, 0) is 12.5 Å². The second kappa shape index (κ2) is 5.12. The molecule has 14 heavy (non-hydrogen) atoms. The average Bonchev–Trinajstić information content (AvgIpc) is 2.19. The summed E-state index contributed by atoms with van der Waals surface area (Å²) >= 11 is 0. The maximum atomic E-state index is 11.6. The molecule has 0 aliphatic heterocycles. The lowest BCUT2D eigenvalue weighted by Gasteiger charge is -2.04. The third-order valence-electron chi connectivity index (χ3n) is 1.79. The first kappa shape index (κ1) is 11.2. The van der Waals surface area contributed by atoms with Gasteiger partial charge >= 0.3 is 0 Å². The van der Waals surface area contributed by atoms with Gasteiger partial charge in [-0.25, -0.2) is 13.1 Å². The second-order valence-corrected chi connectivity index (χ2v) is 4.71. The number of hydrogen-bond donors (Lipinski definition) is 1. The van der Waals surface area contributed by atoms with Crippen molar-refractivity contribution in [1.82, 2.24) is 4.72 Å². The van der Waals surface area contributed by atoms with E-state index in [4.69, 9.17) is 0 Å². The Bertz CT molecular complexity index is 359. The zero-order valence-corrected chi connectivity index (χ0v) is 8.97. The Balaban J connectivity index is 2.67. The summed E-state index contributed by atoms with van der Waals surface area (Å²) in [5, 5.41) is 0. The van der Waals surface area contributed by atoms with Crippen LogP contribution in [0.15, 0.2) is 29.2 Å². The number of hydrogen-bond acceptors (Lipinski definition) is 2. The molecule has 1 aromatic carbocycles. The molecule has 0 heterocycles. The van der Waals surface area contributed by atoms with Gasteiger partial charge in [-0.15, -0.1) is 0 Å². The highest BCUT2D eigenvalue weighted by Gasteiger charge is 2.11. The predicted octanol–water partition coefficient (Wildman–Crippen LogP) is 1.57. The van der Waals surface area contributed by atoms with E-state index in [-0.39, 0.29) is 4.90 Å². The van der Waals surface area contributed by atoms with Crippen LogP contribution in [-0.2, 0) is 10.0 Å². The Morgan fingerprint density at radius 1 is 1.43 bits per heavy atom. The van der Waals surface area contributed by atoms with Gasteiger partial charge in [0.2, 0.25) is 10.0 Å². The predicted molar refractivity (Wildman–Crippen MR) is 55.4 cm³/mol. The Hall–Kier alpha value is -0.870. The summed E-state index contributed by atoms with van der Waals surface area (Å²) in [5.74, 6) is 0. The fourth-order valence-electron chi connectivity index (χ4n) is 1.01. The van der Waals surface area contributed by atoms with Crippen molar-refractivity contribution in [3.63, 3.8) is 0 Å². The maximum Gasteiger partial charge on any atom is 0.241 e. The van der Waals surface area contributed by atoms with Crippen LogP contribution in [-0.4, -0.2) is 15.0 Å². The number of unbranched alkanes of at least 4 members (excludes halogenated alkanes) is 1. The van der Waals surface area contributed by atoms with E-state index in [9.17, 15) is 8.42 Å². The van der Waals surface area contributed by atoms with Crippen molar-refractivity contribution in [2.75, 3.05) is 6.54 Å². The minimum atomic E-state index is -3.34. The van der Waals surface area contributed by atoms with E-state index < -0.39 is 10.0 Å². The van der Waals surface area contributed by atoms with Gasteiger partial charge in [0, 0.05) is 12.6 Å². The molecule has 0 amide bonds. The second-order valence-electron chi connectivity index (χ2n) is 2.98. The Labute approximate surface area is 85.2 Å². The highest BCUT2D eigenvalue weighted by molar-refractivity contribution is 7.89. The largest absolute Gasteiger partial charge is 0.241 e. The van der Waals surface area contributed by atoms with Crippen LogP contribution in [0.5, 0.6) is 0 Å². The van der Waals surface area contributed by atoms with Crippen LogP contribution in [0.3, 0.4) is 0 Å². The number of benzene rings is 1. The molecule has 0 saturated heterocycles. The molecule has 1 aromatic rings. The van der Waals surface area contributed by atoms with Gasteiger partial charge in [-0.2, -0.15) is 0 Å². The molecule has 3 nitrogen and oxygen atoms in total. The normalized spacial score (nSPS) is 11.5. The van der Waals surface area contributed by atoms with E-state index in [0.717, 1.165) is 12.8 Å². The number of rotatable bonds is 5. The molecule has 77 valence electrons. The standard InChI is InChI=1S/C10H14NO2S/c1-2-3-9-11-14(12,13)10-7-5-4-6-8-10/h4-7,11H,2-3,9H2,1H3. The van der Waals surface area contributed by atoms with Gasteiger partial charge < -0.3 is 0 Å². The lowest BCUT2D eigenvalue weighted by molar-refractivity contribution is 0.578. The summed E-state index contributed by atoms with van der Waals surface area (Å²) in [7, 11) is -3.34. The first-order valence-electron chi connectivity index (χ1n) is 4.63. The summed E-state index contributed by atoms with van der Waals surface area (Å²) in [6.07, 6.45) is 1.83. The van der Waals surface area contributed by atoms with Crippen LogP contribution in [0.2, 0.25) is 0 Å². The SMILES string of the molecule is CCCCNS(=O)(=O)c1[c]cccc1. The van der Waals surface area contributed by atoms with Gasteiger partial charge in [0.1, 0.15) is 0 Å². The molecular weight excluding hydrogens is 198 g/mol. The van der Waals surface area contributed by atoms with Gasteiger partial charge in [-0.1, -0.05) is 31.5 Å². The van der Waals surface area contributed by atoms with E-state index in [1.165, 1.54) is 6.07 Å². The summed E-state index contributed by atoms with van der Waals surface area (Å²) in [6.45, 7) is 2.50. The van der Waals surface area contributed by atoms with Crippen LogP contribution in [0.25, 0.3) is 0 Å². The molecule has 4 heteroatoms. The van der Waals surface area contributed by atoms with Crippen molar-refractivity contribution in [2.45, 2.75) is 24.7 Å². The highest BCUT2D eigenvalue weighted by atomic mass is 32.2. The molecule has 0 unspecified atom stereocenters. The van der Waals surface area contributed by atoms with Gasteiger partial charge in [0.25, 0.3) is 0 Å². The molecule has 0 fully saturated rings. The van der Waals surface area contributed by atoms with Crippen molar-refractivity contribution in [2.24, 2.45) is 0 Å². The van der Waals surface area contributed by atoms with E-state index in [1.54, 1.807) is 18.2 Å². The maximum absolute atomic E-state index is 11.6. The van der Waals surface area contributed by atoms with Crippen LogP contribution in [0.4, 0.5) is 0 Å². The van der Waals surface area contributed by atoms with E-state index >= 15 is 0 Å². The fourth-order valence-corrected chi connectivity index (χ4v) is 2.05. The monoisotopic (exact) mass is 212 g/mol. The molecule has 0 aliphatic carbocycles. The Kier molecular flexibility index (Phi) is 4.10. The van der Waals surface area contributed by atoms with E-state index in [0.29, 0.717) is 6.54 Å². The summed E-state index contributed by atoms with van der Waals surface area (Å²) in [4.78, 5) is 0.205. The highest BCUT2D eigenvalue weighted by Crippen LogP contribution is 2.05. The van der Waals surface area contributed by atoms with Crippen molar-refractivity contribution < 1.29 is 8.42 Å². The average molecular weight is 212 g/mol. The molecule has 1 rings (SSSR count). The quantitative estimate of drug-likeness (QED) is 0.753. The molecule has 0 spiro atoms. The van der Waals surface area contributed by atoms with E-state index in [2.05, 4.69) is 10.8 Å². The van der Waals surface area contributed by atoms with Crippen LogP contribution in [0, 0.1) is 6.07 Å². The van der Waals surface area contributed by atoms with Gasteiger partial charge in [0.05, 0.1) is 4.90 Å². The third-order valence-corrected chi connectivity index (χ3v) is 3.21. The molecule has 0 atom stereocenters. The lowest BCUT2D eigenvalue weighted by atomic mass is 10.3. The molecule has 0 aliphatic rings. The molecule has 0 saturated carbocycles.